The van der Waals surface area contributed by atoms with E-state index in [4.69, 9.17) is 16.3 Å². The number of halogens is 1. The Morgan fingerprint density at radius 1 is 1.50 bits per heavy atom. The van der Waals surface area contributed by atoms with Crippen LogP contribution < -0.4 is 5.32 Å². The summed E-state index contributed by atoms with van der Waals surface area (Å²) in [5, 5.41) is 3.48. The first kappa shape index (κ1) is 15.1. The average molecular weight is 294 g/mol. The van der Waals surface area contributed by atoms with Crippen LogP contribution in [0.4, 0.5) is 5.82 Å². The lowest BCUT2D eigenvalue weighted by atomic mass is 9.76. The molecule has 2 rings (SSSR count). The highest BCUT2D eigenvalue weighted by atomic mass is 35.5. The number of ether oxygens (including phenoxy) is 1. The predicted molar refractivity (Wildman–Crippen MR) is 80.8 cm³/mol. The molecule has 0 radical (unpaired) electrons. The van der Waals surface area contributed by atoms with Crippen molar-refractivity contribution in [2.45, 2.75) is 26.2 Å². The van der Waals surface area contributed by atoms with E-state index in [1.807, 2.05) is 0 Å². The molecule has 1 aromatic rings. The Balaban J connectivity index is 1.99. The van der Waals surface area contributed by atoms with Crippen molar-refractivity contribution in [1.82, 2.24) is 9.97 Å². The molecule has 4 nitrogen and oxygen atoms in total. The smallest absolute Gasteiger partial charge is 0.224 e. The zero-order valence-electron chi connectivity index (χ0n) is 11.9. The van der Waals surface area contributed by atoms with Gasteiger partial charge in [-0.2, -0.15) is 4.98 Å². The fraction of sp³-hybridized carbons (Fsp3) is 0.600. The minimum atomic E-state index is 0.238. The summed E-state index contributed by atoms with van der Waals surface area (Å²) >= 11 is 5.84. The molecule has 1 aliphatic carbocycles. The molecule has 0 spiro atoms. The van der Waals surface area contributed by atoms with Crippen LogP contribution in [0, 0.1) is 23.7 Å². The summed E-state index contributed by atoms with van der Waals surface area (Å²) in [6.07, 6.45) is 4.98. The van der Waals surface area contributed by atoms with Gasteiger partial charge in [0.1, 0.15) is 5.82 Å². The fourth-order valence-electron chi connectivity index (χ4n) is 2.21. The molecule has 0 saturated heterocycles. The first-order chi connectivity index (χ1) is 9.69. The molecule has 1 aromatic heterocycles. The highest BCUT2D eigenvalue weighted by Crippen LogP contribution is 2.32. The third-order valence-corrected chi connectivity index (χ3v) is 3.54. The maximum Gasteiger partial charge on any atom is 0.224 e. The standard InChI is InChI=1S/C15H20ClN3O/c1-11-8-12(9-11)4-5-13-10-18-15(16)19-14(13)17-6-3-7-20-2/h10-12H,3,6-9H2,1-2H3,(H,17,18,19). The van der Waals surface area contributed by atoms with E-state index in [0.29, 0.717) is 18.3 Å². The predicted octanol–water partition coefficient (Wildman–Crippen LogP) is 2.98. The number of anilines is 1. The van der Waals surface area contributed by atoms with E-state index in [1.165, 1.54) is 12.8 Å². The van der Waals surface area contributed by atoms with Crippen molar-refractivity contribution in [3.8, 4) is 11.8 Å². The van der Waals surface area contributed by atoms with Crippen molar-refractivity contribution in [3.63, 3.8) is 0 Å². The maximum absolute atomic E-state index is 5.84. The minimum Gasteiger partial charge on any atom is -0.385 e. The van der Waals surface area contributed by atoms with Crippen LogP contribution in [0.5, 0.6) is 0 Å². The van der Waals surface area contributed by atoms with Crippen molar-refractivity contribution in [1.29, 1.82) is 0 Å². The molecule has 1 fully saturated rings. The molecule has 5 heteroatoms. The van der Waals surface area contributed by atoms with Crippen molar-refractivity contribution in [3.05, 3.63) is 17.0 Å². The van der Waals surface area contributed by atoms with Crippen molar-refractivity contribution < 1.29 is 4.74 Å². The van der Waals surface area contributed by atoms with Crippen LogP contribution in [0.25, 0.3) is 0 Å². The molecule has 1 heterocycles. The Hall–Kier alpha value is -1.31. The quantitative estimate of drug-likeness (QED) is 0.515. The molecule has 1 N–H and O–H groups in total. The summed E-state index contributed by atoms with van der Waals surface area (Å²) in [6.45, 7) is 3.75. The van der Waals surface area contributed by atoms with Gasteiger partial charge >= 0.3 is 0 Å². The number of aromatic nitrogens is 2. The summed E-state index contributed by atoms with van der Waals surface area (Å²) < 4.78 is 5.02. The number of hydrogen-bond acceptors (Lipinski definition) is 4. The van der Waals surface area contributed by atoms with Crippen LogP contribution in [-0.4, -0.2) is 30.2 Å². The van der Waals surface area contributed by atoms with Crippen molar-refractivity contribution in [2.75, 3.05) is 25.6 Å². The monoisotopic (exact) mass is 293 g/mol. The van der Waals surface area contributed by atoms with Crippen LogP contribution in [0.3, 0.4) is 0 Å². The first-order valence-corrected chi connectivity index (χ1v) is 7.33. The lowest BCUT2D eigenvalue weighted by Crippen LogP contribution is -2.19. The van der Waals surface area contributed by atoms with Gasteiger partial charge in [0.15, 0.2) is 0 Å². The van der Waals surface area contributed by atoms with Gasteiger partial charge in [-0.3, -0.25) is 0 Å². The van der Waals surface area contributed by atoms with Gasteiger partial charge in [0.25, 0.3) is 0 Å². The molecule has 1 aliphatic rings. The third-order valence-electron chi connectivity index (χ3n) is 3.36. The highest BCUT2D eigenvalue weighted by molar-refractivity contribution is 6.28. The zero-order chi connectivity index (χ0) is 14.4. The molecule has 108 valence electrons. The molecule has 0 amide bonds. The normalized spacial score (nSPS) is 20.8. The second-order valence-electron chi connectivity index (χ2n) is 5.22. The van der Waals surface area contributed by atoms with Gasteiger partial charge in [-0.05, 0) is 36.8 Å². The van der Waals surface area contributed by atoms with E-state index in [-0.39, 0.29) is 5.28 Å². The summed E-state index contributed by atoms with van der Waals surface area (Å²) in [5.41, 5.74) is 0.811. The Morgan fingerprint density at radius 3 is 3.00 bits per heavy atom. The summed E-state index contributed by atoms with van der Waals surface area (Å²) in [5.74, 6) is 8.50. The van der Waals surface area contributed by atoms with Crippen LogP contribution >= 0.6 is 11.6 Å². The second kappa shape index (κ2) is 7.47. The molecule has 20 heavy (non-hydrogen) atoms. The van der Waals surface area contributed by atoms with Crippen LogP contribution in [-0.2, 0) is 4.74 Å². The molecule has 0 aromatic carbocycles. The van der Waals surface area contributed by atoms with Crippen LogP contribution in [0.2, 0.25) is 5.28 Å². The Bertz CT molecular complexity index is 504. The molecule has 0 bridgehead atoms. The SMILES string of the molecule is COCCCNc1nc(Cl)ncc1C#CC1CC(C)C1. The van der Waals surface area contributed by atoms with Gasteiger partial charge in [-0.25, -0.2) is 4.98 Å². The number of hydrogen-bond donors (Lipinski definition) is 1. The van der Waals surface area contributed by atoms with E-state index in [9.17, 15) is 0 Å². The lowest BCUT2D eigenvalue weighted by Gasteiger charge is -2.28. The number of methoxy groups -OCH3 is 1. The highest BCUT2D eigenvalue weighted by Gasteiger charge is 2.23. The van der Waals surface area contributed by atoms with Crippen LogP contribution in [0.15, 0.2) is 6.20 Å². The topological polar surface area (TPSA) is 47.0 Å². The molecular weight excluding hydrogens is 274 g/mol. The lowest BCUT2D eigenvalue weighted by molar-refractivity contribution is 0.197. The van der Waals surface area contributed by atoms with Gasteiger partial charge in [0, 0.05) is 32.4 Å². The maximum atomic E-state index is 5.84. The fourth-order valence-corrected chi connectivity index (χ4v) is 2.34. The van der Waals surface area contributed by atoms with E-state index in [2.05, 4.69) is 34.0 Å². The molecule has 0 atom stereocenters. The zero-order valence-corrected chi connectivity index (χ0v) is 12.7. The molecule has 0 aliphatic heterocycles. The first-order valence-electron chi connectivity index (χ1n) is 6.96. The summed E-state index contributed by atoms with van der Waals surface area (Å²) in [7, 11) is 1.69. The Morgan fingerprint density at radius 2 is 2.30 bits per heavy atom. The van der Waals surface area contributed by atoms with E-state index in [1.54, 1.807) is 13.3 Å². The van der Waals surface area contributed by atoms with Gasteiger partial charge in [0.2, 0.25) is 5.28 Å². The minimum absolute atomic E-state index is 0.238. The number of nitrogens with one attached hydrogen (secondary N) is 1. The molecule has 0 unspecified atom stereocenters. The summed E-state index contributed by atoms with van der Waals surface area (Å²) in [4.78, 5) is 8.22. The molecular formula is C15H20ClN3O. The average Bonchev–Trinajstić information content (AvgIpc) is 2.40. The van der Waals surface area contributed by atoms with Gasteiger partial charge in [0.05, 0.1) is 5.56 Å². The van der Waals surface area contributed by atoms with Crippen molar-refractivity contribution >= 4 is 17.4 Å². The molecule has 1 saturated carbocycles. The Labute approximate surface area is 125 Å². The van der Waals surface area contributed by atoms with E-state index >= 15 is 0 Å². The second-order valence-corrected chi connectivity index (χ2v) is 5.56. The van der Waals surface area contributed by atoms with Gasteiger partial charge in [-0.15, -0.1) is 0 Å². The summed E-state index contributed by atoms with van der Waals surface area (Å²) in [6, 6.07) is 0. The van der Waals surface area contributed by atoms with Crippen LogP contribution in [0.1, 0.15) is 31.7 Å². The third kappa shape index (κ3) is 4.36. The Kier molecular flexibility index (Phi) is 5.63. The van der Waals surface area contributed by atoms with Crippen molar-refractivity contribution in [2.24, 2.45) is 11.8 Å². The van der Waals surface area contributed by atoms with E-state index < -0.39 is 0 Å². The number of rotatable bonds is 5. The van der Waals surface area contributed by atoms with Gasteiger partial charge < -0.3 is 10.1 Å². The van der Waals surface area contributed by atoms with E-state index in [0.717, 1.165) is 24.4 Å². The number of nitrogens with zero attached hydrogens (tertiary/aromatic N) is 2. The largest absolute Gasteiger partial charge is 0.385 e. The van der Waals surface area contributed by atoms with Gasteiger partial charge in [-0.1, -0.05) is 18.8 Å².